The van der Waals surface area contributed by atoms with Gasteiger partial charge < -0.3 is 9.90 Å². The first-order chi connectivity index (χ1) is 8.11. The Bertz CT molecular complexity index is 300. The maximum atomic E-state index is 11.0. The largest absolute Gasteiger partial charge is 0.481 e. The summed E-state index contributed by atoms with van der Waals surface area (Å²) < 4.78 is 0. The Morgan fingerprint density at radius 2 is 1.82 bits per heavy atom. The van der Waals surface area contributed by atoms with Crippen LogP contribution in [0.4, 0.5) is 0 Å². The van der Waals surface area contributed by atoms with Crippen molar-refractivity contribution in [3.05, 3.63) is 0 Å². The maximum absolute atomic E-state index is 11.0. The fraction of sp³-hybridized carbons (Fsp3) is 0.857. The van der Waals surface area contributed by atoms with Crippen molar-refractivity contribution in [2.75, 3.05) is 0 Å². The van der Waals surface area contributed by atoms with Crippen LogP contribution in [0.2, 0.25) is 0 Å². The number of aliphatic carboxylic acids is 1. The summed E-state index contributed by atoms with van der Waals surface area (Å²) in [6, 6.07) is 0. The molecule has 0 spiro atoms. The topological polar surface area (TPSA) is 54.4 Å². The van der Waals surface area contributed by atoms with Crippen LogP contribution in [-0.2, 0) is 9.59 Å². The maximum Gasteiger partial charge on any atom is 0.306 e. The monoisotopic (exact) mass is 238 g/mol. The van der Waals surface area contributed by atoms with Crippen LogP contribution in [0, 0.1) is 29.6 Å². The van der Waals surface area contributed by atoms with Crippen LogP contribution in [0.1, 0.15) is 45.4 Å². The molecule has 0 amide bonds. The lowest BCUT2D eigenvalue weighted by molar-refractivity contribution is -0.144. The van der Waals surface area contributed by atoms with Gasteiger partial charge in [0.2, 0.25) is 0 Å². The van der Waals surface area contributed by atoms with Gasteiger partial charge in [-0.25, -0.2) is 0 Å². The van der Waals surface area contributed by atoms with Gasteiger partial charge in [-0.3, -0.25) is 4.79 Å². The highest BCUT2D eigenvalue weighted by molar-refractivity contribution is 5.69. The second-order valence-corrected chi connectivity index (χ2v) is 5.93. The molecule has 0 saturated heterocycles. The van der Waals surface area contributed by atoms with Gasteiger partial charge in [-0.15, -0.1) is 0 Å². The molecule has 2 aliphatic rings. The van der Waals surface area contributed by atoms with E-state index in [1.54, 1.807) is 0 Å². The lowest BCUT2D eigenvalue weighted by atomic mass is 9.63. The second-order valence-electron chi connectivity index (χ2n) is 5.93. The third-order valence-corrected chi connectivity index (χ3v) is 4.98. The van der Waals surface area contributed by atoms with Crippen LogP contribution >= 0.6 is 0 Å². The molecular formula is C14H22O3. The molecule has 96 valence electrons. The molecule has 2 rings (SSSR count). The van der Waals surface area contributed by atoms with Crippen molar-refractivity contribution in [1.29, 1.82) is 0 Å². The van der Waals surface area contributed by atoms with Gasteiger partial charge >= 0.3 is 5.97 Å². The summed E-state index contributed by atoms with van der Waals surface area (Å²) in [5, 5.41) is 9.06. The van der Waals surface area contributed by atoms with Crippen LogP contribution in [0.25, 0.3) is 0 Å². The van der Waals surface area contributed by atoms with E-state index in [1.807, 2.05) is 6.92 Å². The molecule has 5 unspecified atom stereocenters. The Morgan fingerprint density at radius 3 is 2.47 bits per heavy atom. The van der Waals surface area contributed by atoms with E-state index < -0.39 is 5.97 Å². The van der Waals surface area contributed by atoms with Gasteiger partial charge in [0.25, 0.3) is 0 Å². The fourth-order valence-electron chi connectivity index (χ4n) is 3.74. The van der Waals surface area contributed by atoms with Gasteiger partial charge in [0.1, 0.15) is 6.29 Å². The number of fused-ring (bicyclic) bond motifs is 1. The Labute approximate surface area is 103 Å². The van der Waals surface area contributed by atoms with E-state index in [1.165, 1.54) is 0 Å². The third kappa shape index (κ3) is 2.70. The molecule has 0 heterocycles. The Balaban J connectivity index is 1.93. The molecule has 1 N–H and O–H groups in total. The molecule has 0 aliphatic heterocycles. The smallest absolute Gasteiger partial charge is 0.306 e. The number of aldehydes is 1. The summed E-state index contributed by atoms with van der Waals surface area (Å²) in [5.41, 5.74) is 0. The summed E-state index contributed by atoms with van der Waals surface area (Å²) >= 11 is 0. The predicted molar refractivity (Wildman–Crippen MR) is 64.5 cm³/mol. The molecule has 2 fully saturated rings. The lowest BCUT2D eigenvalue weighted by Crippen LogP contribution is -2.35. The highest BCUT2D eigenvalue weighted by Crippen LogP contribution is 2.45. The minimum atomic E-state index is -0.657. The van der Waals surface area contributed by atoms with Crippen LogP contribution < -0.4 is 0 Å². The fourth-order valence-corrected chi connectivity index (χ4v) is 3.74. The second kappa shape index (κ2) is 5.19. The molecule has 0 aromatic rings. The number of carboxylic acids is 1. The first-order valence-corrected chi connectivity index (χ1v) is 6.80. The molecule has 2 saturated carbocycles. The Hall–Kier alpha value is -0.860. The van der Waals surface area contributed by atoms with Gasteiger partial charge in [-0.05, 0) is 56.3 Å². The molecule has 2 aliphatic carbocycles. The van der Waals surface area contributed by atoms with Crippen LogP contribution in [0.5, 0.6) is 0 Å². The molecule has 5 atom stereocenters. The van der Waals surface area contributed by atoms with Crippen LogP contribution in [0.3, 0.4) is 0 Å². The van der Waals surface area contributed by atoms with E-state index in [4.69, 9.17) is 5.11 Å². The van der Waals surface area contributed by atoms with Gasteiger partial charge in [0.05, 0.1) is 5.92 Å². The number of hydrogen-bond donors (Lipinski definition) is 1. The number of carbonyl (C=O) groups is 2. The number of carbonyl (C=O) groups excluding carboxylic acids is 1. The quantitative estimate of drug-likeness (QED) is 0.769. The molecule has 0 aromatic heterocycles. The number of carboxylic acid groups (broad SMARTS) is 1. The Kier molecular flexibility index (Phi) is 3.85. The molecule has 3 nitrogen and oxygen atoms in total. The van der Waals surface area contributed by atoms with Crippen molar-refractivity contribution < 1.29 is 14.7 Å². The summed E-state index contributed by atoms with van der Waals surface area (Å²) in [5.74, 6) is 1.10. The summed E-state index contributed by atoms with van der Waals surface area (Å²) in [4.78, 5) is 21.8. The molecular weight excluding hydrogens is 216 g/mol. The average Bonchev–Trinajstić information content (AvgIpc) is 2.36. The van der Waals surface area contributed by atoms with Gasteiger partial charge in [0, 0.05) is 5.92 Å². The molecule has 0 bridgehead atoms. The minimum Gasteiger partial charge on any atom is -0.481 e. The van der Waals surface area contributed by atoms with Gasteiger partial charge in [-0.2, -0.15) is 0 Å². The zero-order valence-corrected chi connectivity index (χ0v) is 10.5. The average molecular weight is 238 g/mol. The van der Waals surface area contributed by atoms with Crippen molar-refractivity contribution in [2.24, 2.45) is 29.6 Å². The highest BCUT2D eigenvalue weighted by atomic mass is 16.4. The van der Waals surface area contributed by atoms with Crippen molar-refractivity contribution in [3.63, 3.8) is 0 Å². The van der Waals surface area contributed by atoms with Crippen molar-refractivity contribution in [3.8, 4) is 0 Å². The van der Waals surface area contributed by atoms with Crippen molar-refractivity contribution >= 4 is 12.3 Å². The van der Waals surface area contributed by atoms with Crippen LogP contribution in [0.15, 0.2) is 0 Å². The van der Waals surface area contributed by atoms with E-state index in [9.17, 15) is 9.59 Å². The predicted octanol–water partition coefficient (Wildman–Crippen LogP) is 2.74. The van der Waals surface area contributed by atoms with Crippen LogP contribution in [-0.4, -0.2) is 17.4 Å². The number of hydrogen-bond acceptors (Lipinski definition) is 2. The molecule has 0 radical (unpaired) electrons. The number of rotatable bonds is 3. The van der Waals surface area contributed by atoms with Crippen molar-refractivity contribution in [1.82, 2.24) is 0 Å². The van der Waals surface area contributed by atoms with E-state index in [2.05, 4.69) is 0 Å². The van der Waals surface area contributed by atoms with E-state index in [0.717, 1.165) is 44.8 Å². The summed E-state index contributed by atoms with van der Waals surface area (Å²) in [7, 11) is 0. The van der Waals surface area contributed by atoms with Crippen molar-refractivity contribution in [2.45, 2.75) is 45.4 Å². The minimum absolute atomic E-state index is 0.209. The summed E-state index contributed by atoms with van der Waals surface area (Å²) in [6.07, 6.45) is 7.50. The third-order valence-electron chi connectivity index (χ3n) is 4.98. The van der Waals surface area contributed by atoms with Gasteiger partial charge in [-0.1, -0.05) is 6.92 Å². The lowest BCUT2D eigenvalue weighted by Gasteiger charge is -2.42. The van der Waals surface area contributed by atoms with E-state index >= 15 is 0 Å². The first kappa shape index (κ1) is 12.6. The van der Waals surface area contributed by atoms with E-state index in [-0.39, 0.29) is 11.8 Å². The zero-order chi connectivity index (χ0) is 12.4. The Morgan fingerprint density at radius 1 is 1.18 bits per heavy atom. The molecule has 3 heteroatoms. The SMILES string of the molecule is CC(C(=O)O)C1CCC2CC(C=O)CCC2C1. The summed E-state index contributed by atoms with van der Waals surface area (Å²) in [6.45, 7) is 1.84. The standard InChI is InChI=1S/C14H22O3/c1-9(14(16)17)11-4-5-12-6-10(8-15)2-3-13(12)7-11/h8-13H,2-7H2,1H3,(H,16,17). The highest BCUT2D eigenvalue weighted by Gasteiger charge is 2.38. The molecule has 17 heavy (non-hydrogen) atoms. The van der Waals surface area contributed by atoms with E-state index in [0.29, 0.717) is 17.8 Å². The zero-order valence-electron chi connectivity index (χ0n) is 10.5. The first-order valence-electron chi connectivity index (χ1n) is 6.80. The molecule has 0 aromatic carbocycles. The van der Waals surface area contributed by atoms with Gasteiger partial charge in [0.15, 0.2) is 0 Å². The normalized spacial score (nSPS) is 39.1.